The summed E-state index contributed by atoms with van der Waals surface area (Å²) in [7, 11) is 0. The third kappa shape index (κ3) is 4.85. The third-order valence-corrected chi connectivity index (χ3v) is 1.89. The van der Waals surface area contributed by atoms with Crippen molar-refractivity contribution in [2.75, 3.05) is 13.2 Å². The summed E-state index contributed by atoms with van der Waals surface area (Å²) in [5.74, 6) is 0.202. The van der Waals surface area contributed by atoms with Crippen molar-refractivity contribution in [1.29, 1.82) is 5.26 Å². The number of carbonyl (C=O) groups excluding carboxylic acids is 1. The lowest BCUT2D eigenvalue weighted by Gasteiger charge is -2.05. The van der Waals surface area contributed by atoms with Crippen molar-refractivity contribution in [3.63, 3.8) is 0 Å². The number of hydrogen-bond acceptors (Lipinski definition) is 4. The maximum atomic E-state index is 11.0. The minimum atomic E-state index is -0.388. The first-order chi connectivity index (χ1) is 8.26. The molecule has 1 aromatic carbocycles. The number of ether oxygens (including phenoxy) is 2. The first kappa shape index (κ1) is 12.8. The van der Waals surface area contributed by atoms with Gasteiger partial charge in [-0.25, -0.2) is 4.79 Å². The molecule has 88 valence electrons. The van der Waals surface area contributed by atoms with Crippen molar-refractivity contribution in [3.05, 3.63) is 35.9 Å². The number of carbonyl (C=O) groups is 1. The van der Waals surface area contributed by atoms with Gasteiger partial charge in [-0.3, -0.25) is 0 Å². The highest BCUT2D eigenvalue weighted by molar-refractivity contribution is 5.71. The summed E-state index contributed by atoms with van der Waals surface area (Å²) >= 11 is 0. The topological polar surface area (TPSA) is 59.3 Å². The van der Waals surface area contributed by atoms with E-state index in [1.54, 1.807) is 37.3 Å². The molecule has 0 amide bonds. The van der Waals surface area contributed by atoms with E-state index in [0.29, 0.717) is 12.4 Å². The Morgan fingerprint density at radius 3 is 2.71 bits per heavy atom. The minimum absolute atomic E-state index is 0.0960. The van der Waals surface area contributed by atoms with E-state index in [1.807, 2.05) is 6.07 Å². The Hall–Kier alpha value is -2.28. The molecular weight excluding hydrogens is 218 g/mol. The molecule has 0 bridgehead atoms. The molecule has 17 heavy (non-hydrogen) atoms. The average Bonchev–Trinajstić information content (AvgIpc) is 2.35. The monoisotopic (exact) mass is 231 g/mol. The molecule has 4 heteroatoms. The first-order valence-electron chi connectivity index (χ1n) is 5.21. The Morgan fingerprint density at radius 1 is 1.41 bits per heavy atom. The van der Waals surface area contributed by atoms with E-state index in [0.717, 1.165) is 5.56 Å². The van der Waals surface area contributed by atoms with Crippen LogP contribution in [0.5, 0.6) is 5.75 Å². The van der Waals surface area contributed by atoms with Gasteiger partial charge >= 0.3 is 5.97 Å². The van der Waals surface area contributed by atoms with Gasteiger partial charge in [0.15, 0.2) is 6.61 Å². The van der Waals surface area contributed by atoms with Crippen molar-refractivity contribution in [2.45, 2.75) is 6.92 Å². The zero-order valence-electron chi connectivity index (χ0n) is 9.55. The molecule has 0 atom stereocenters. The van der Waals surface area contributed by atoms with Gasteiger partial charge in [-0.2, -0.15) is 5.26 Å². The molecule has 0 aromatic heterocycles. The van der Waals surface area contributed by atoms with Crippen LogP contribution < -0.4 is 4.74 Å². The molecular formula is C13H13NO3. The number of benzene rings is 1. The normalized spacial score (nSPS) is 9.88. The van der Waals surface area contributed by atoms with Crippen molar-refractivity contribution < 1.29 is 14.3 Å². The molecule has 0 aliphatic rings. The summed E-state index contributed by atoms with van der Waals surface area (Å²) in [6.07, 6.45) is 3.09. The van der Waals surface area contributed by atoms with Crippen LogP contribution in [0, 0.1) is 11.3 Å². The highest BCUT2D eigenvalue weighted by atomic mass is 16.6. The fourth-order valence-corrected chi connectivity index (χ4v) is 1.15. The summed E-state index contributed by atoms with van der Waals surface area (Å²) in [4.78, 5) is 11.0. The zero-order valence-corrected chi connectivity index (χ0v) is 9.55. The molecule has 0 aliphatic heterocycles. The zero-order chi connectivity index (χ0) is 12.5. The number of esters is 1. The molecule has 0 spiro atoms. The molecule has 0 fully saturated rings. The molecule has 0 N–H and O–H groups in total. The Balaban J connectivity index is 2.49. The summed E-state index contributed by atoms with van der Waals surface area (Å²) in [6.45, 7) is 2.00. The van der Waals surface area contributed by atoms with Gasteiger partial charge in [0, 0.05) is 6.08 Å². The van der Waals surface area contributed by atoms with E-state index in [1.165, 1.54) is 6.08 Å². The van der Waals surface area contributed by atoms with Crippen LogP contribution in [0.1, 0.15) is 12.5 Å². The minimum Gasteiger partial charge on any atom is -0.482 e. The van der Waals surface area contributed by atoms with E-state index >= 15 is 0 Å². The van der Waals surface area contributed by atoms with Crippen molar-refractivity contribution >= 4 is 12.0 Å². The van der Waals surface area contributed by atoms with E-state index < -0.39 is 0 Å². The van der Waals surface area contributed by atoms with Gasteiger partial charge in [-0.1, -0.05) is 12.1 Å². The smallest absolute Gasteiger partial charge is 0.344 e. The Labute approximate surface area is 100 Å². The van der Waals surface area contributed by atoms with E-state index in [9.17, 15) is 4.79 Å². The third-order valence-electron chi connectivity index (χ3n) is 1.89. The van der Waals surface area contributed by atoms with Crippen LogP contribution in [0.2, 0.25) is 0 Å². The predicted octanol–water partition coefficient (Wildman–Crippen LogP) is 2.17. The van der Waals surface area contributed by atoms with Gasteiger partial charge in [0.05, 0.1) is 12.7 Å². The summed E-state index contributed by atoms with van der Waals surface area (Å²) in [6, 6.07) is 8.98. The van der Waals surface area contributed by atoms with Gasteiger partial charge < -0.3 is 9.47 Å². The Kier molecular flexibility index (Phi) is 5.32. The van der Waals surface area contributed by atoms with E-state index in [-0.39, 0.29) is 12.6 Å². The van der Waals surface area contributed by atoms with Gasteiger partial charge in [-0.15, -0.1) is 0 Å². The quantitative estimate of drug-likeness (QED) is 0.575. The predicted molar refractivity (Wildman–Crippen MR) is 63.2 cm³/mol. The second kappa shape index (κ2) is 7.07. The number of nitriles is 1. The molecule has 0 heterocycles. The molecule has 0 saturated carbocycles. The molecule has 1 aromatic rings. The van der Waals surface area contributed by atoms with Crippen LogP contribution in [-0.4, -0.2) is 19.2 Å². The van der Waals surface area contributed by atoms with Crippen molar-refractivity contribution in [2.24, 2.45) is 0 Å². The summed E-state index contributed by atoms with van der Waals surface area (Å²) in [5.41, 5.74) is 0.898. The number of allylic oxidation sites excluding steroid dienone is 1. The van der Waals surface area contributed by atoms with Gasteiger partial charge in [0.1, 0.15) is 5.75 Å². The van der Waals surface area contributed by atoms with Crippen molar-refractivity contribution in [1.82, 2.24) is 0 Å². The fraction of sp³-hybridized carbons (Fsp3) is 0.231. The molecule has 1 rings (SSSR count). The second-order valence-electron chi connectivity index (χ2n) is 3.13. The van der Waals surface area contributed by atoms with Crippen LogP contribution in [0.3, 0.4) is 0 Å². The summed E-state index contributed by atoms with van der Waals surface area (Å²) in [5, 5.41) is 8.37. The molecule has 0 unspecified atom stereocenters. The number of hydrogen-bond donors (Lipinski definition) is 0. The largest absolute Gasteiger partial charge is 0.482 e. The van der Waals surface area contributed by atoms with Crippen LogP contribution >= 0.6 is 0 Å². The van der Waals surface area contributed by atoms with Gasteiger partial charge in [0.25, 0.3) is 0 Å². The highest BCUT2D eigenvalue weighted by Gasteiger charge is 2.02. The SMILES string of the molecule is CCOC(=O)COc1ccc(C=CC#N)cc1. The highest BCUT2D eigenvalue weighted by Crippen LogP contribution is 2.13. The van der Waals surface area contributed by atoms with Gasteiger partial charge in [-0.05, 0) is 30.7 Å². The number of rotatable bonds is 5. The summed E-state index contributed by atoms with van der Waals surface area (Å²) < 4.78 is 9.95. The van der Waals surface area contributed by atoms with Crippen LogP contribution in [0.4, 0.5) is 0 Å². The second-order valence-corrected chi connectivity index (χ2v) is 3.13. The fourth-order valence-electron chi connectivity index (χ4n) is 1.15. The van der Waals surface area contributed by atoms with Crippen LogP contribution in [0.15, 0.2) is 30.3 Å². The Morgan fingerprint density at radius 2 is 2.12 bits per heavy atom. The number of nitrogens with zero attached hydrogens (tertiary/aromatic N) is 1. The van der Waals surface area contributed by atoms with E-state index in [4.69, 9.17) is 14.7 Å². The molecule has 0 radical (unpaired) electrons. The average molecular weight is 231 g/mol. The van der Waals surface area contributed by atoms with Gasteiger partial charge in [0.2, 0.25) is 0 Å². The Bertz CT molecular complexity index is 429. The van der Waals surface area contributed by atoms with E-state index in [2.05, 4.69) is 0 Å². The standard InChI is InChI=1S/C13H13NO3/c1-2-16-13(15)10-17-12-7-5-11(6-8-12)4-3-9-14/h3-8H,2,10H2,1H3. The molecule has 0 saturated heterocycles. The lowest BCUT2D eigenvalue weighted by molar-refractivity contribution is -0.145. The molecule has 0 aliphatic carbocycles. The maximum Gasteiger partial charge on any atom is 0.344 e. The lowest BCUT2D eigenvalue weighted by atomic mass is 10.2. The first-order valence-corrected chi connectivity index (χ1v) is 5.21. The van der Waals surface area contributed by atoms with Crippen molar-refractivity contribution in [3.8, 4) is 11.8 Å². The van der Waals surface area contributed by atoms with Crippen LogP contribution in [0.25, 0.3) is 6.08 Å². The lowest BCUT2D eigenvalue weighted by Crippen LogP contribution is -2.14. The molecule has 4 nitrogen and oxygen atoms in total. The van der Waals surface area contributed by atoms with Crippen LogP contribution in [-0.2, 0) is 9.53 Å². The maximum absolute atomic E-state index is 11.0.